The predicted octanol–water partition coefficient (Wildman–Crippen LogP) is -0.187. The number of carbonyl (C=O) groups is 1. The predicted molar refractivity (Wildman–Crippen MR) is 60.5 cm³/mol. The number of benzene rings is 1. The first kappa shape index (κ1) is 14.5. The third-order valence-corrected chi connectivity index (χ3v) is 3.64. The summed E-state index contributed by atoms with van der Waals surface area (Å²) in [5.74, 6) is -3.75. The molecule has 100 valence electrons. The molecule has 0 aliphatic rings. The van der Waals surface area contributed by atoms with Crippen molar-refractivity contribution in [2.75, 3.05) is 18.8 Å². The Labute approximate surface area is 103 Å². The van der Waals surface area contributed by atoms with Crippen LogP contribution in [0.2, 0.25) is 0 Å². The van der Waals surface area contributed by atoms with E-state index in [2.05, 4.69) is 5.32 Å². The van der Waals surface area contributed by atoms with E-state index in [0.717, 1.165) is 6.07 Å². The van der Waals surface area contributed by atoms with E-state index in [9.17, 15) is 22.0 Å². The van der Waals surface area contributed by atoms with Crippen LogP contribution < -0.4 is 11.1 Å². The topological polar surface area (TPSA) is 89.3 Å². The molecule has 0 aromatic heterocycles. The van der Waals surface area contributed by atoms with Gasteiger partial charge in [-0.15, -0.1) is 0 Å². The third-order valence-electron chi connectivity index (χ3n) is 2.02. The van der Waals surface area contributed by atoms with E-state index in [4.69, 9.17) is 5.73 Å². The van der Waals surface area contributed by atoms with E-state index in [1.54, 1.807) is 0 Å². The fourth-order valence-corrected chi connectivity index (χ4v) is 2.49. The van der Waals surface area contributed by atoms with Crippen molar-refractivity contribution >= 4 is 15.7 Å². The fourth-order valence-electron chi connectivity index (χ4n) is 1.23. The summed E-state index contributed by atoms with van der Waals surface area (Å²) in [6, 6.07) is 2.03. The number of carbonyl (C=O) groups excluding carboxylic acids is 1. The fraction of sp³-hybridized carbons (Fsp3) is 0.300. The van der Waals surface area contributed by atoms with Gasteiger partial charge < -0.3 is 11.1 Å². The van der Waals surface area contributed by atoms with Crippen LogP contribution in [0.4, 0.5) is 8.78 Å². The summed E-state index contributed by atoms with van der Waals surface area (Å²) in [6.45, 7) is 0.264. The minimum atomic E-state index is -4.21. The van der Waals surface area contributed by atoms with Crippen LogP contribution in [-0.4, -0.2) is 33.2 Å². The summed E-state index contributed by atoms with van der Waals surface area (Å²) in [5, 5.41) is 2.23. The maximum absolute atomic E-state index is 13.3. The number of hydrogen-bond donors (Lipinski definition) is 2. The molecular weight excluding hydrogens is 266 g/mol. The van der Waals surface area contributed by atoms with Crippen molar-refractivity contribution in [1.29, 1.82) is 0 Å². The van der Waals surface area contributed by atoms with Gasteiger partial charge in [-0.2, -0.15) is 0 Å². The van der Waals surface area contributed by atoms with Gasteiger partial charge in [0.2, 0.25) is 5.91 Å². The van der Waals surface area contributed by atoms with Crippen molar-refractivity contribution in [3.8, 4) is 0 Å². The summed E-state index contributed by atoms with van der Waals surface area (Å²) >= 11 is 0. The normalized spacial score (nSPS) is 11.3. The van der Waals surface area contributed by atoms with E-state index in [-0.39, 0.29) is 13.1 Å². The van der Waals surface area contributed by atoms with E-state index < -0.39 is 38.0 Å². The summed E-state index contributed by atoms with van der Waals surface area (Å²) in [7, 11) is -4.21. The maximum atomic E-state index is 13.3. The molecule has 0 saturated carbocycles. The first-order valence-electron chi connectivity index (χ1n) is 5.01. The Balaban J connectivity index is 2.93. The summed E-state index contributed by atoms with van der Waals surface area (Å²) in [5.41, 5.74) is 5.12. The molecule has 0 fully saturated rings. The molecule has 0 spiro atoms. The van der Waals surface area contributed by atoms with Gasteiger partial charge in [-0.25, -0.2) is 17.2 Å². The second-order valence-electron chi connectivity index (χ2n) is 3.47. The molecule has 0 bridgehead atoms. The van der Waals surface area contributed by atoms with Crippen LogP contribution in [0, 0.1) is 11.6 Å². The average Bonchev–Trinajstić information content (AvgIpc) is 2.29. The molecule has 1 aromatic carbocycles. The van der Waals surface area contributed by atoms with Crippen LogP contribution in [0.25, 0.3) is 0 Å². The maximum Gasteiger partial charge on any atom is 0.235 e. The second-order valence-corrected chi connectivity index (χ2v) is 5.43. The molecule has 0 aliphatic carbocycles. The van der Waals surface area contributed by atoms with Crippen molar-refractivity contribution in [2.45, 2.75) is 4.90 Å². The van der Waals surface area contributed by atoms with E-state index in [1.165, 1.54) is 0 Å². The Morgan fingerprint density at radius 3 is 2.61 bits per heavy atom. The highest BCUT2D eigenvalue weighted by atomic mass is 32.2. The highest BCUT2D eigenvalue weighted by Crippen LogP contribution is 2.17. The zero-order chi connectivity index (χ0) is 13.8. The highest BCUT2D eigenvalue weighted by molar-refractivity contribution is 7.92. The number of amides is 1. The van der Waals surface area contributed by atoms with Crippen LogP contribution in [0.3, 0.4) is 0 Å². The van der Waals surface area contributed by atoms with Gasteiger partial charge in [0, 0.05) is 13.1 Å². The SMILES string of the molecule is NCCNC(=O)CS(=O)(=O)c1cc(F)ccc1F. The molecule has 0 aliphatic heterocycles. The molecule has 1 rings (SSSR count). The first-order chi connectivity index (χ1) is 8.36. The van der Waals surface area contributed by atoms with Crippen molar-refractivity contribution in [2.24, 2.45) is 5.73 Å². The second kappa shape index (κ2) is 5.87. The molecule has 1 aromatic rings. The lowest BCUT2D eigenvalue weighted by Crippen LogP contribution is -2.34. The van der Waals surface area contributed by atoms with Crippen LogP contribution in [0.1, 0.15) is 0 Å². The Hall–Kier alpha value is -1.54. The molecule has 5 nitrogen and oxygen atoms in total. The quantitative estimate of drug-likeness (QED) is 0.781. The number of hydrogen-bond acceptors (Lipinski definition) is 4. The molecule has 8 heteroatoms. The van der Waals surface area contributed by atoms with Crippen molar-refractivity contribution in [3.05, 3.63) is 29.8 Å². The van der Waals surface area contributed by atoms with Crippen LogP contribution in [0.5, 0.6) is 0 Å². The summed E-state index contributed by atoms with van der Waals surface area (Å²) < 4.78 is 49.5. The lowest BCUT2D eigenvalue weighted by Gasteiger charge is -2.06. The van der Waals surface area contributed by atoms with Gasteiger partial charge in [-0.1, -0.05) is 0 Å². The van der Waals surface area contributed by atoms with E-state index >= 15 is 0 Å². The molecule has 0 radical (unpaired) electrons. The monoisotopic (exact) mass is 278 g/mol. The van der Waals surface area contributed by atoms with E-state index in [0.29, 0.717) is 12.1 Å². The Morgan fingerprint density at radius 1 is 1.33 bits per heavy atom. The Kier molecular flexibility index (Phi) is 4.74. The lowest BCUT2D eigenvalue weighted by molar-refractivity contribution is -0.118. The third kappa shape index (κ3) is 3.74. The largest absolute Gasteiger partial charge is 0.354 e. The van der Waals surface area contributed by atoms with Gasteiger partial charge in [0.05, 0.1) is 0 Å². The summed E-state index contributed by atoms with van der Waals surface area (Å²) in [4.78, 5) is 10.4. The Bertz CT molecular complexity index is 546. The minimum absolute atomic E-state index is 0.111. The van der Waals surface area contributed by atoms with Gasteiger partial charge in [-0.3, -0.25) is 4.79 Å². The molecule has 3 N–H and O–H groups in total. The number of nitrogens with one attached hydrogen (secondary N) is 1. The van der Waals surface area contributed by atoms with Gasteiger partial charge in [0.1, 0.15) is 22.3 Å². The molecule has 0 heterocycles. The van der Waals surface area contributed by atoms with Crippen LogP contribution >= 0.6 is 0 Å². The highest BCUT2D eigenvalue weighted by Gasteiger charge is 2.23. The molecule has 18 heavy (non-hydrogen) atoms. The van der Waals surface area contributed by atoms with E-state index in [1.807, 2.05) is 0 Å². The minimum Gasteiger partial charge on any atom is -0.354 e. The van der Waals surface area contributed by atoms with Gasteiger partial charge in [0.25, 0.3) is 0 Å². The number of sulfone groups is 1. The number of rotatable bonds is 5. The number of nitrogens with two attached hydrogens (primary N) is 1. The smallest absolute Gasteiger partial charge is 0.235 e. The molecule has 0 saturated heterocycles. The molecular formula is C10H12F2N2O3S. The molecule has 0 unspecified atom stereocenters. The van der Waals surface area contributed by atoms with Crippen LogP contribution in [-0.2, 0) is 14.6 Å². The lowest BCUT2D eigenvalue weighted by atomic mass is 10.3. The molecule has 1 amide bonds. The standard InChI is InChI=1S/C10H12F2N2O3S/c11-7-1-2-8(12)9(5-7)18(16,17)6-10(15)14-4-3-13/h1-2,5H,3-4,6,13H2,(H,14,15). The summed E-state index contributed by atoms with van der Waals surface area (Å²) in [6.07, 6.45) is 0. The zero-order valence-corrected chi connectivity index (χ0v) is 10.1. The van der Waals surface area contributed by atoms with Gasteiger partial charge in [0.15, 0.2) is 9.84 Å². The van der Waals surface area contributed by atoms with Gasteiger partial charge >= 0.3 is 0 Å². The van der Waals surface area contributed by atoms with Crippen LogP contribution in [0.15, 0.2) is 23.1 Å². The van der Waals surface area contributed by atoms with Crippen molar-refractivity contribution < 1.29 is 22.0 Å². The first-order valence-corrected chi connectivity index (χ1v) is 6.66. The number of halogens is 2. The van der Waals surface area contributed by atoms with Crippen molar-refractivity contribution in [1.82, 2.24) is 5.32 Å². The average molecular weight is 278 g/mol. The van der Waals surface area contributed by atoms with Crippen molar-refractivity contribution in [3.63, 3.8) is 0 Å². The molecule has 0 atom stereocenters. The Morgan fingerprint density at radius 2 is 2.00 bits per heavy atom. The van der Waals surface area contributed by atoms with Gasteiger partial charge in [-0.05, 0) is 18.2 Å². The zero-order valence-electron chi connectivity index (χ0n) is 9.32.